The maximum atomic E-state index is 12.6. The molecule has 0 saturated carbocycles. The highest BCUT2D eigenvalue weighted by Gasteiger charge is 2.18. The van der Waals surface area contributed by atoms with E-state index in [9.17, 15) is 9.59 Å². The van der Waals surface area contributed by atoms with Gasteiger partial charge in [0.15, 0.2) is 0 Å². The topological polar surface area (TPSA) is 58.1 Å². The summed E-state index contributed by atoms with van der Waals surface area (Å²) in [5, 5.41) is 0. The van der Waals surface area contributed by atoms with Gasteiger partial charge in [-0.1, -0.05) is 42.0 Å². The van der Waals surface area contributed by atoms with E-state index in [4.69, 9.17) is 0 Å². The first-order chi connectivity index (χ1) is 12.1. The summed E-state index contributed by atoms with van der Waals surface area (Å²) in [4.78, 5) is 30.0. The third-order valence-electron chi connectivity index (χ3n) is 4.68. The molecule has 4 rings (SSSR count). The Morgan fingerprint density at radius 2 is 1.68 bits per heavy atom. The van der Waals surface area contributed by atoms with Crippen LogP contribution in [0, 0.1) is 6.92 Å². The number of aryl methyl sites for hydroxylation is 1. The van der Waals surface area contributed by atoms with Gasteiger partial charge in [0.05, 0.1) is 5.69 Å². The molecule has 1 aliphatic heterocycles. The second-order valence-corrected chi connectivity index (χ2v) is 6.41. The number of aromatic amines is 1. The molecule has 5 heteroatoms. The van der Waals surface area contributed by atoms with Crippen LogP contribution in [0.4, 0.5) is 5.82 Å². The largest absolute Gasteiger partial charge is 0.353 e. The predicted molar refractivity (Wildman–Crippen MR) is 98.6 cm³/mol. The third kappa shape index (κ3) is 2.89. The molecule has 0 radical (unpaired) electrons. The molecule has 0 bridgehead atoms. The van der Waals surface area contributed by atoms with Crippen LogP contribution in [0.3, 0.4) is 0 Å². The number of fused-ring (bicyclic) bond motifs is 1. The molecular weight excluding hydrogens is 314 g/mol. The van der Waals surface area contributed by atoms with Gasteiger partial charge >= 0.3 is 5.69 Å². The highest BCUT2D eigenvalue weighted by atomic mass is 16.2. The SMILES string of the molecule is Cc1ccc(-n2c(=O)cc(N3CCc4ccccc4C3)[nH]c2=O)cc1. The van der Waals surface area contributed by atoms with Gasteiger partial charge in [0, 0.05) is 19.2 Å². The number of hydrogen-bond donors (Lipinski definition) is 1. The Kier molecular flexibility index (Phi) is 3.76. The summed E-state index contributed by atoms with van der Waals surface area (Å²) < 4.78 is 1.17. The van der Waals surface area contributed by atoms with E-state index in [1.165, 1.54) is 21.8 Å². The zero-order valence-electron chi connectivity index (χ0n) is 14.0. The van der Waals surface area contributed by atoms with Crippen LogP contribution < -0.4 is 16.1 Å². The number of aromatic nitrogens is 2. The van der Waals surface area contributed by atoms with Crippen molar-refractivity contribution in [1.82, 2.24) is 9.55 Å². The molecule has 2 heterocycles. The van der Waals surface area contributed by atoms with Crippen LogP contribution >= 0.6 is 0 Å². The fourth-order valence-electron chi connectivity index (χ4n) is 3.29. The Labute approximate surface area is 145 Å². The molecule has 3 aromatic rings. The Bertz CT molecular complexity index is 1000. The number of benzene rings is 2. The maximum Gasteiger partial charge on any atom is 0.334 e. The van der Waals surface area contributed by atoms with Crippen LogP contribution in [0.1, 0.15) is 16.7 Å². The molecule has 0 atom stereocenters. The lowest BCUT2D eigenvalue weighted by Gasteiger charge is -2.30. The van der Waals surface area contributed by atoms with Crippen molar-refractivity contribution in [2.45, 2.75) is 19.9 Å². The standard InChI is InChI=1S/C20H19N3O2/c1-14-6-8-17(9-7-14)23-19(24)12-18(21-20(23)25)22-11-10-15-4-2-3-5-16(15)13-22/h2-9,12H,10-11,13H2,1H3,(H,21,25). The molecule has 0 aliphatic carbocycles. The summed E-state index contributed by atoms with van der Waals surface area (Å²) >= 11 is 0. The molecule has 1 N–H and O–H groups in total. The first-order valence-electron chi connectivity index (χ1n) is 8.37. The number of nitrogens with zero attached hydrogens (tertiary/aromatic N) is 2. The molecule has 0 unspecified atom stereocenters. The molecule has 0 saturated heterocycles. The molecule has 25 heavy (non-hydrogen) atoms. The highest BCUT2D eigenvalue weighted by Crippen LogP contribution is 2.21. The van der Waals surface area contributed by atoms with Gasteiger partial charge < -0.3 is 4.90 Å². The Balaban J connectivity index is 1.71. The number of H-pyrrole nitrogens is 1. The van der Waals surface area contributed by atoms with E-state index >= 15 is 0 Å². The number of nitrogens with one attached hydrogen (secondary N) is 1. The van der Waals surface area contributed by atoms with Crippen molar-refractivity contribution < 1.29 is 0 Å². The smallest absolute Gasteiger partial charge is 0.334 e. The number of hydrogen-bond acceptors (Lipinski definition) is 3. The first kappa shape index (κ1) is 15.4. The molecule has 5 nitrogen and oxygen atoms in total. The van der Waals surface area contributed by atoms with E-state index in [0.717, 1.165) is 18.5 Å². The quantitative estimate of drug-likeness (QED) is 0.783. The summed E-state index contributed by atoms with van der Waals surface area (Å²) in [7, 11) is 0. The molecule has 0 amide bonds. The summed E-state index contributed by atoms with van der Waals surface area (Å²) in [5.41, 5.74) is 3.49. The highest BCUT2D eigenvalue weighted by molar-refractivity contribution is 5.44. The first-order valence-corrected chi connectivity index (χ1v) is 8.37. The van der Waals surface area contributed by atoms with Gasteiger partial charge in [-0.25, -0.2) is 9.36 Å². The molecule has 126 valence electrons. The van der Waals surface area contributed by atoms with Crippen LogP contribution in [0.5, 0.6) is 0 Å². The molecular formula is C20H19N3O2. The van der Waals surface area contributed by atoms with Crippen LogP contribution in [0.15, 0.2) is 64.2 Å². The molecule has 0 fully saturated rings. The van der Waals surface area contributed by atoms with Gasteiger partial charge in [0.1, 0.15) is 5.82 Å². The van der Waals surface area contributed by atoms with Gasteiger partial charge in [0.2, 0.25) is 0 Å². The maximum absolute atomic E-state index is 12.6. The molecule has 0 spiro atoms. The van der Waals surface area contributed by atoms with E-state index in [0.29, 0.717) is 18.1 Å². The van der Waals surface area contributed by atoms with Crippen LogP contribution in [0.25, 0.3) is 5.69 Å². The lowest BCUT2D eigenvalue weighted by molar-refractivity contribution is 0.710. The zero-order chi connectivity index (χ0) is 17.4. The van der Waals surface area contributed by atoms with Crippen molar-refractivity contribution in [2.75, 3.05) is 11.4 Å². The lowest BCUT2D eigenvalue weighted by atomic mass is 10.00. The summed E-state index contributed by atoms with van der Waals surface area (Å²) in [6.07, 6.45) is 0.902. The fraction of sp³-hybridized carbons (Fsp3) is 0.200. The molecule has 2 aromatic carbocycles. The van der Waals surface area contributed by atoms with Crippen molar-refractivity contribution >= 4 is 5.82 Å². The minimum absolute atomic E-state index is 0.318. The van der Waals surface area contributed by atoms with Gasteiger partial charge in [-0.2, -0.15) is 0 Å². The van der Waals surface area contributed by atoms with Crippen molar-refractivity contribution in [1.29, 1.82) is 0 Å². The second kappa shape index (κ2) is 6.09. The van der Waals surface area contributed by atoms with E-state index in [1.54, 1.807) is 12.1 Å². The van der Waals surface area contributed by atoms with Crippen LogP contribution in [0.2, 0.25) is 0 Å². The monoisotopic (exact) mass is 333 g/mol. The average molecular weight is 333 g/mol. The van der Waals surface area contributed by atoms with Gasteiger partial charge in [-0.15, -0.1) is 0 Å². The van der Waals surface area contributed by atoms with Crippen molar-refractivity contribution in [3.05, 3.63) is 92.1 Å². The van der Waals surface area contributed by atoms with Gasteiger partial charge in [-0.05, 0) is 36.6 Å². The van der Waals surface area contributed by atoms with E-state index in [-0.39, 0.29) is 5.56 Å². The second-order valence-electron chi connectivity index (χ2n) is 6.41. The summed E-state index contributed by atoms with van der Waals surface area (Å²) in [6, 6.07) is 17.1. The van der Waals surface area contributed by atoms with Gasteiger partial charge in [0.25, 0.3) is 5.56 Å². The molecule has 1 aliphatic rings. The third-order valence-corrected chi connectivity index (χ3v) is 4.68. The number of anilines is 1. The van der Waals surface area contributed by atoms with E-state index < -0.39 is 5.69 Å². The zero-order valence-corrected chi connectivity index (χ0v) is 14.0. The normalized spacial score (nSPS) is 13.6. The van der Waals surface area contributed by atoms with Crippen molar-refractivity contribution in [3.8, 4) is 5.69 Å². The Morgan fingerprint density at radius 1 is 0.960 bits per heavy atom. The average Bonchev–Trinajstić information content (AvgIpc) is 2.62. The van der Waals surface area contributed by atoms with Crippen LogP contribution in [-0.2, 0) is 13.0 Å². The van der Waals surface area contributed by atoms with E-state index in [2.05, 4.69) is 17.1 Å². The summed E-state index contributed by atoms with van der Waals surface area (Å²) in [5.74, 6) is 0.577. The molecule has 1 aromatic heterocycles. The Hall–Kier alpha value is -3.08. The van der Waals surface area contributed by atoms with Crippen molar-refractivity contribution in [2.24, 2.45) is 0 Å². The van der Waals surface area contributed by atoms with Crippen LogP contribution in [-0.4, -0.2) is 16.1 Å². The van der Waals surface area contributed by atoms with Gasteiger partial charge in [-0.3, -0.25) is 9.78 Å². The summed E-state index contributed by atoms with van der Waals surface area (Å²) in [6.45, 7) is 3.44. The minimum atomic E-state index is -0.412. The lowest BCUT2D eigenvalue weighted by Crippen LogP contribution is -2.38. The predicted octanol–water partition coefficient (Wildman–Crippen LogP) is 2.40. The Morgan fingerprint density at radius 3 is 2.40 bits per heavy atom. The fourth-order valence-corrected chi connectivity index (χ4v) is 3.29. The number of rotatable bonds is 2. The van der Waals surface area contributed by atoms with E-state index in [1.807, 2.05) is 36.1 Å². The van der Waals surface area contributed by atoms with Crippen molar-refractivity contribution in [3.63, 3.8) is 0 Å². The minimum Gasteiger partial charge on any atom is -0.353 e.